The fourth-order valence-electron chi connectivity index (χ4n) is 8.15. The Balaban J connectivity index is 1.26. The Hall–Kier alpha value is -0.280. The van der Waals surface area contributed by atoms with Gasteiger partial charge in [-0.15, -0.1) is 11.6 Å². The van der Waals surface area contributed by atoms with Crippen LogP contribution in [-0.2, 0) is 9.53 Å². The minimum atomic E-state index is -0.245. The Kier molecular flexibility index (Phi) is 4.18. The van der Waals surface area contributed by atoms with Gasteiger partial charge in [0, 0.05) is 17.2 Å². The first-order chi connectivity index (χ1) is 12.4. The van der Waals surface area contributed by atoms with E-state index in [2.05, 4.69) is 7.05 Å². The molecule has 6 rings (SSSR count). The molecule has 0 amide bonds. The molecular weight excluding hydrogens is 346 g/mol. The average molecular weight is 381 g/mol. The highest BCUT2D eigenvalue weighted by molar-refractivity contribution is 6.24. The predicted molar refractivity (Wildman–Crippen MR) is 103 cm³/mol. The number of piperidine rings is 2. The Morgan fingerprint density at radius 3 is 2.54 bits per heavy atom. The van der Waals surface area contributed by atoms with Gasteiger partial charge in [0.2, 0.25) is 0 Å². The molecule has 0 aromatic rings. The zero-order chi connectivity index (χ0) is 18.0. The molecule has 26 heavy (non-hydrogen) atoms. The Bertz CT molecular complexity index is 575. The van der Waals surface area contributed by atoms with Gasteiger partial charge in [0.15, 0.2) is 0 Å². The van der Waals surface area contributed by atoms with Crippen LogP contribution in [0.25, 0.3) is 0 Å². The van der Waals surface area contributed by atoms with E-state index < -0.39 is 0 Å². The van der Waals surface area contributed by atoms with Crippen LogP contribution in [0, 0.1) is 23.2 Å². The van der Waals surface area contributed by atoms with Crippen molar-refractivity contribution in [2.75, 3.05) is 26.7 Å². The second-order valence-electron chi connectivity index (χ2n) is 10.9. The van der Waals surface area contributed by atoms with Gasteiger partial charge in [0.25, 0.3) is 0 Å². The molecule has 6 aliphatic rings. The lowest BCUT2D eigenvalue weighted by atomic mass is 9.49. The number of carbonyl (C=O) groups excluding carboxylic acids is 1. The minimum absolute atomic E-state index is 0.104. The molecule has 4 aliphatic carbocycles. The largest absolute Gasteiger partial charge is 0.465 e. The summed E-state index contributed by atoms with van der Waals surface area (Å²) in [6.07, 6.45) is 13.1. The topological polar surface area (TPSA) is 26.3 Å². The zero-order valence-electron chi connectivity index (χ0n) is 16.4. The summed E-state index contributed by atoms with van der Waals surface area (Å²) >= 11 is 6.91. The third-order valence-electron chi connectivity index (χ3n) is 8.86. The minimum Gasteiger partial charge on any atom is -0.465 e. The summed E-state index contributed by atoms with van der Waals surface area (Å²) in [5, 5.41) is 0. The summed E-state index contributed by atoms with van der Waals surface area (Å²) in [4.78, 5) is 13.1. The Morgan fingerprint density at radius 1 is 1.08 bits per heavy atom. The standard InChI is InChI=1S/C22H35ClNO2/c1-24-7-3-2-6-19(24)18(5-4-8-24)14-26-20(25)21-10-16-9-17(11-21)13-22(23,12-16)15-21/h16-19H,2-15H2,1H3/q+1/t16-,17-,18-,19+,21?,22?,24?/m1/s1. The van der Waals surface area contributed by atoms with Gasteiger partial charge in [0.05, 0.1) is 38.2 Å². The molecule has 2 saturated heterocycles. The summed E-state index contributed by atoms with van der Waals surface area (Å²) in [6.45, 7) is 3.29. The second kappa shape index (κ2) is 6.11. The number of halogens is 1. The maximum Gasteiger partial charge on any atom is 0.312 e. The average Bonchev–Trinajstić information content (AvgIpc) is 2.56. The predicted octanol–water partition coefficient (Wildman–Crippen LogP) is 4.52. The first kappa shape index (κ1) is 17.8. The van der Waals surface area contributed by atoms with E-state index in [1.165, 1.54) is 56.1 Å². The number of carbonyl (C=O) groups is 1. The molecule has 5 atom stereocenters. The number of esters is 1. The molecule has 4 bridgehead atoms. The lowest BCUT2D eigenvalue weighted by Gasteiger charge is -2.58. The summed E-state index contributed by atoms with van der Waals surface area (Å²) in [7, 11) is 2.44. The maximum absolute atomic E-state index is 13.2. The molecule has 0 aromatic carbocycles. The van der Waals surface area contributed by atoms with Crippen LogP contribution in [-0.4, -0.2) is 48.1 Å². The van der Waals surface area contributed by atoms with Crippen molar-refractivity contribution in [2.24, 2.45) is 23.2 Å². The lowest BCUT2D eigenvalue weighted by molar-refractivity contribution is -0.947. The van der Waals surface area contributed by atoms with Gasteiger partial charge in [-0.2, -0.15) is 0 Å². The van der Waals surface area contributed by atoms with Crippen LogP contribution in [0.4, 0.5) is 0 Å². The van der Waals surface area contributed by atoms with Crippen molar-refractivity contribution in [1.82, 2.24) is 0 Å². The number of quaternary nitrogens is 1. The first-order valence-corrected chi connectivity index (χ1v) is 11.5. The van der Waals surface area contributed by atoms with Crippen LogP contribution in [0.2, 0.25) is 0 Å². The highest BCUT2D eigenvalue weighted by Gasteiger charge is 2.61. The summed E-state index contributed by atoms with van der Waals surface area (Å²) in [6, 6.07) is 0.709. The normalized spacial score (nSPS) is 52.5. The van der Waals surface area contributed by atoms with Crippen molar-refractivity contribution in [1.29, 1.82) is 0 Å². The van der Waals surface area contributed by atoms with Crippen molar-refractivity contribution in [3.8, 4) is 0 Å². The molecule has 2 heterocycles. The van der Waals surface area contributed by atoms with Crippen LogP contribution < -0.4 is 0 Å². The van der Waals surface area contributed by atoms with E-state index in [9.17, 15) is 4.79 Å². The molecular formula is C22H35ClNO2+. The van der Waals surface area contributed by atoms with Crippen molar-refractivity contribution in [2.45, 2.75) is 81.5 Å². The third kappa shape index (κ3) is 2.83. The summed E-state index contributed by atoms with van der Waals surface area (Å²) in [5.41, 5.74) is -0.245. The smallest absolute Gasteiger partial charge is 0.312 e. The summed E-state index contributed by atoms with van der Waals surface area (Å²) < 4.78 is 7.32. The van der Waals surface area contributed by atoms with Crippen LogP contribution in [0.5, 0.6) is 0 Å². The second-order valence-corrected chi connectivity index (χ2v) is 11.7. The van der Waals surface area contributed by atoms with Crippen LogP contribution in [0.15, 0.2) is 0 Å². The number of hydrogen-bond donors (Lipinski definition) is 0. The number of alkyl halides is 1. The molecule has 3 nitrogen and oxygen atoms in total. The SMILES string of the molecule is C[N+]12CCCC[C@H]1[C@@H](COC(=O)C13C[C@H]4C[C@@H](CC(Cl)(C4)C1)C3)CCC2. The Morgan fingerprint density at radius 2 is 1.81 bits per heavy atom. The molecule has 146 valence electrons. The molecule has 1 unspecified atom stereocenters. The number of ether oxygens (including phenoxy) is 1. The Labute approximate surface area is 163 Å². The van der Waals surface area contributed by atoms with Crippen LogP contribution in [0.1, 0.15) is 70.6 Å². The van der Waals surface area contributed by atoms with Gasteiger partial charge < -0.3 is 9.22 Å². The fourth-order valence-corrected chi connectivity index (χ4v) is 8.85. The monoisotopic (exact) mass is 380 g/mol. The van der Waals surface area contributed by atoms with Gasteiger partial charge in [-0.1, -0.05) is 0 Å². The van der Waals surface area contributed by atoms with Crippen molar-refractivity contribution in [3.05, 3.63) is 0 Å². The fraction of sp³-hybridized carbons (Fsp3) is 0.955. The van der Waals surface area contributed by atoms with E-state index in [-0.39, 0.29) is 16.3 Å². The van der Waals surface area contributed by atoms with E-state index in [4.69, 9.17) is 16.3 Å². The van der Waals surface area contributed by atoms with E-state index in [1.54, 1.807) is 0 Å². The van der Waals surface area contributed by atoms with Crippen molar-refractivity contribution < 1.29 is 14.0 Å². The highest BCUT2D eigenvalue weighted by atomic mass is 35.5. The lowest BCUT2D eigenvalue weighted by Crippen LogP contribution is -2.61. The van der Waals surface area contributed by atoms with E-state index >= 15 is 0 Å². The van der Waals surface area contributed by atoms with Crippen molar-refractivity contribution >= 4 is 17.6 Å². The van der Waals surface area contributed by atoms with Gasteiger partial charge in [-0.05, 0) is 76.0 Å². The van der Waals surface area contributed by atoms with Gasteiger partial charge in [0.1, 0.15) is 0 Å². The van der Waals surface area contributed by atoms with Crippen LogP contribution >= 0.6 is 11.6 Å². The number of hydrogen-bond acceptors (Lipinski definition) is 2. The highest BCUT2D eigenvalue weighted by Crippen LogP contribution is 2.64. The zero-order valence-corrected chi connectivity index (χ0v) is 17.1. The molecule has 0 spiro atoms. The molecule has 2 aliphatic heterocycles. The molecule has 4 saturated carbocycles. The van der Waals surface area contributed by atoms with E-state index in [0.29, 0.717) is 30.4 Å². The quantitative estimate of drug-likeness (QED) is 0.409. The number of rotatable bonds is 3. The number of nitrogens with zero attached hydrogens (tertiary/aromatic N) is 1. The van der Waals surface area contributed by atoms with Gasteiger partial charge >= 0.3 is 5.97 Å². The van der Waals surface area contributed by atoms with E-state index in [0.717, 1.165) is 32.1 Å². The summed E-state index contributed by atoms with van der Waals surface area (Å²) in [5.74, 6) is 1.99. The molecule has 4 heteroatoms. The molecule has 0 N–H and O–H groups in total. The maximum atomic E-state index is 13.2. The van der Waals surface area contributed by atoms with Gasteiger partial charge in [-0.25, -0.2) is 0 Å². The first-order valence-electron chi connectivity index (χ1n) is 11.1. The van der Waals surface area contributed by atoms with E-state index in [1.807, 2.05) is 0 Å². The molecule has 0 radical (unpaired) electrons. The van der Waals surface area contributed by atoms with Gasteiger partial charge in [-0.3, -0.25) is 4.79 Å². The van der Waals surface area contributed by atoms with Crippen molar-refractivity contribution in [3.63, 3.8) is 0 Å². The van der Waals surface area contributed by atoms with Crippen LogP contribution in [0.3, 0.4) is 0 Å². The third-order valence-corrected chi connectivity index (χ3v) is 9.30. The molecule has 0 aromatic heterocycles. The molecule has 6 fully saturated rings. The number of fused-ring (bicyclic) bond motifs is 1.